The van der Waals surface area contributed by atoms with Crippen LogP contribution < -0.4 is 10.7 Å². The molecule has 0 atom stereocenters. The number of nitrogens with zero attached hydrogens (tertiary/aromatic N) is 2. The highest BCUT2D eigenvalue weighted by Crippen LogP contribution is 2.32. The topological polar surface area (TPSA) is 64.0 Å². The molecule has 0 aliphatic carbocycles. The Labute approximate surface area is 181 Å². The number of rotatable bonds is 5. The van der Waals surface area contributed by atoms with E-state index < -0.39 is 11.3 Å². The summed E-state index contributed by atoms with van der Waals surface area (Å²) in [6, 6.07) is 14.5. The fraction of sp³-hybridized carbons (Fsp3) is 0.292. The summed E-state index contributed by atoms with van der Waals surface area (Å²) >= 11 is 5.97. The lowest BCUT2D eigenvalue weighted by atomic mass is 9.92. The number of nitrogens with one attached hydrogen (secondary N) is 1. The molecule has 0 bridgehead atoms. The summed E-state index contributed by atoms with van der Waals surface area (Å²) in [6.45, 7) is 10.1. The minimum absolute atomic E-state index is 0.149. The predicted molar refractivity (Wildman–Crippen MR) is 122 cm³/mol. The summed E-state index contributed by atoms with van der Waals surface area (Å²) in [5.74, 6) is -0.0795. The van der Waals surface area contributed by atoms with E-state index in [4.69, 9.17) is 11.6 Å². The highest BCUT2D eigenvalue weighted by Gasteiger charge is 2.20. The Kier molecular flexibility index (Phi) is 6.42. The molecule has 1 amide bonds. The van der Waals surface area contributed by atoms with E-state index in [-0.39, 0.29) is 17.5 Å². The van der Waals surface area contributed by atoms with Crippen molar-refractivity contribution in [1.82, 2.24) is 9.78 Å². The van der Waals surface area contributed by atoms with Crippen LogP contribution in [0.15, 0.2) is 53.3 Å². The van der Waals surface area contributed by atoms with E-state index >= 15 is 0 Å². The predicted octanol–water partition coefficient (Wildman–Crippen LogP) is 5.69. The monoisotopic (exact) mass is 423 g/mol. The van der Waals surface area contributed by atoms with Crippen molar-refractivity contribution < 1.29 is 4.79 Å². The van der Waals surface area contributed by atoms with Gasteiger partial charge in [0.25, 0.3) is 5.91 Å². The Hall–Kier alpha value is -2.92. The first kappa shape index (κ1) is 21.8. The summed E-state index contributed by atoms with van der Waals surface area (Å²) in [6.07, 6.45) is 0. The average Bonchev–Trinajstić information content (AvgIpc) is 2.68. The molecule has 0 saturated carbocycles. The van der Waals surface area contributed by atoms with Gasteiger partial charge in [0.15, 0.2) is 5.69 Å². The maximum absolute atomic E-state index is 13.1. The molecule has 1 N–H and O–H groups in total. The lowest BCUT2D eigenvalue weighted by molar-refractivity contribution is 0.101. The molecule has 156 valence electrons. The zero-order valence-electron chi connectivity index (χ0n) is 17.9. The molecule has 2 aromatic carbocycles. The van der Waals surface area contributed by atoms with Crippen molar-refractivity contribution in [1.29, 1.82) is 0 Å². The first-order chi connectivity index (χ1) is 14.2. The number of aryl methyl sites for hydroxylation is 1. The molecule has 1 heterocycles. The van der Waals surface area contributed by atoms with Crippen LogP contribution in [0.4, 0.5) is 5.69 Å². The quantitative estimate of drug-likeness (QED) is 0.573. The van der Waals surface area contributed by atoms with Crippen LogP contribution in [-0.2, 0) is 0 Å². The number of halogens is 1. The summed E-state index contributed by atoms with van der Waals surface area (Å²) in [5, 5.41) is 7.94. The maximum atomic E-state index is 13.1. The van der Waals surface area contributed by atoms with Crippen molar-refractivity contribution in [3.8, 4) is 5.69 Å². The SMILES string of the molecule is Cc1cc(=O)c(C(=O)Nc2c(C(C)C)cccc2C(C)C)nn1-c1ccc(Cl)cc1. The van der Waals surface area contributed by atoms with Crippen LogP contribution in [0.5, 0.6) is 0 Å². The number of carbonyl (C=O) groups is 1. The highest BCUT2D eigenvalue weighted by atomic mass is 35.5. The third-order valence-electron chi connectivity index (χ3n) is 5.01. The van der Waals surface area contributed by atoms with Crippen molar-refractivity contribution in [3.63, 3.8) is 0 Å². The summed E-state index contributed by atoms with van der Waals surface area (Å²) < 4.78 is 1.57. The van der Waals surface area contributed by atoms with Crippen LogP contribution in [0.25, 0.3) is 5.69 Å². The number of anilines is 1. The second-order valence-corrected chi connectivity index (χ2v) is 8.40. The van der Waals surface area contributed by atoms with Crippen LogP contribution in [0.3, 0.4) is 0 Å². The van der Waals surface area contributed by atoms with Crippen LogP contribution >= 0.6 is 11.6 Å². The Balaban J connectivity index is 2.06. The molecule has 30 heavy (non-hydrogen) atoms. The molecule has 0 aliphatic heterocycles. The summed E-state index contributed by atoms with van der Waals surface area (Å²) in [7, 11) is 0. The Morgan fingerprint density at radius 1 is 1.00 bits per heavy atom. The normalized spacial score (nSPS) is 11.2. The number of hydrogen-bond donors (Lipinski definition) is 1. The van der Waals surface area contributed by atoms with Gasteiger partial charge >= 0.3 is 0 Å². The lowest BCUT2D eigenvalue weighted by Crippen LogP contribution is -2.27. The molecule has 5 nitrogen and oxygen atoms in total. The molecule has 0 spiro atoms. The number of benzene rings is 2. The third-order valence-corrected chi connectivity index (χ3v) is 5.26. The molecule has 6 heteroatoms. The van der Waals surface area contributed by atoms with Crippen molar-refractivity contribution in [2.45, 2.75) is 46.5 Å². The van der Waals surface area contributed by atoms with Gasteiger partial charge in [-0.05, 0) is 54.2 Å². The number of carbonyl (C=O) groups excluding carboxylic acids is 1. The largest absolute Gasteiger partial charge is 0.320 e. The zero-order chi connectivity index (χ0) is 22.0. The molecule has 0 aliphatic rings. The molecule has 3 aromatic rings. The van der Waals surface area contributed by atoms with Gasteiger partial charge < -0.3 is 5.32 Å². The minimum atomic E-state index is -0.516. The summed E-state index contributed by atoms with van der Waals surface area (Å²) in [4.78, 5) is 25.7. The molecule has 0 radical (unpaired) electrons. The van der Waals surface area contributed by atoms with Crippen LogP contribution in [0, 0.1) is 6.92 Å². The van der Waals surface area contributed by atoms with Crippen LogP contribution in [0.2, 0.25) is 5.02 Å². The van der Waals surface area contributed by atoms with E-state index in [1.807, 2.05) is 18.2 Å². The molecular weight excluding hydrogens is 398 g/mol. The van der Waals surface area contributed by atoms with Crippen molar-refractivity contribution in [2.24, 2.45) is 0 Å². The number of para-hydroxylation sites is 1. The second-order valence-electron chi connectivity index (χ2n) is 7.96. The third kappa shape index (κ3) is 4.46. The van der Waals surface area contributed by atoms with Gasteiger partial charge in [0.2, 0.25) is 5.43 Å². The number of amides is 1. The van der Waals surface area contributed by atoms with Crippen molar-refractivity contribution in [3.05, 3.63) is 86.3 Å². The zero-order valence-corrected chi connectivity index (χ0v) is 18.6. The van der Waals surface area contributed by atoms with Gasteiger partial charge in [0, 0.05) is 22.5 Å². The number of aromatic nitrogens is 2. The van der Waals surface area contributed by atoms with Gasteiger partial charge in [-0.15, -0.1) is 0 Å². The van der Waals surface area contributed by atoms with E-state index in [1.54, 1.807) is 35.9 Å². The fourth-order valence-corrected chi connectivity index (χ4v) is 3.54. The second kappa shape index (κ2) is 8.84. The molecule has 1 aromatic heterocycles. The van der Waals surface area contributed by atoms with E-state index in [9.17, 15) is 9.59 Å². The number of hydrogen-bond acceptors (Lipinski definition) is 3. The van der Waals surface area contributed by atoms with Gasteiger partial charge in [0.05, 0.1) is 5.69 Å². The van der Waals surface area contributed by atoms with E-state index in [2.05, 4.69) is 38.1 Å². The van der Waals surface area contributed by atoms with E-state index in [1.165, 1.54) is 6.07 Å². The Morgan fingerprint density at radius 2 is 1.57 bits per heavy atom. The van der Waals surface area contributed by atoms with Gasteiger partial charge in [-0.3, -0.25) is 9.59 Å². The maximum Gasteiger partial charge on any atom is 0.280 e. The Morgan fingerprint density at radius 3 is 2.10 bits per heavy atom. The fourth-order valence-electron chi connectivity index (χ4n) is 3.42. The Bertz CT molecular complexity index is 1110. The van der Waals surface area contributed by atoms with E-state index in [0.29, 0.717) is 10.7 Å². The van der Waals surface area contributed by atoms with Gasteiger partial charge in [-0.25, -0.2) is 4.68 Å². The van der Waals surface area contributed by atoms with Crippen molar-refractivity contribution >= 4 is 23.2 Å². The molecule has 3 rings (SSSR count). The van der Waals surface area contributed by atoms with Crippen LogP contribution in [0.1, 0.15) is 66.8 Å². The van der Waals surface area contributed by atoms with Crippen LogP contribution in [-0.4, -0.2) is 15.7 Å². The average molecular weight is 424 g/mol. The van der Waals surface area contributed by atoms with Gasteiger partial charge in [-0.2, -0.15) is 5.10 Å². The minimum Gasteiger partial charge on any atom is -0.320 e. The van der Waals surface area contributed by atoms with Gasteiger partial charge in [0.1, 0.15) is 0 Å². The molecular formula is C24H26ClN3O2. The lowest BCUT2D eigenvalue weighted by Gasteiger charge is -2.20. The highest BCUT2D eigenvalue weighted by molar-refractivity contribution is 6.30. The standard InChI is InChI=1S/C24H26ClN3O2/c1-14(2)19-7-6-8-20(15(3)4)22(19)26-24(30)23-21(29)13-16(5)28(27-23)18-11-9-17(25)10-12-18/h6-15H,1-5H3,(H,26,30). The first-order valence-corrected chi connectivity index (χ1v) is 10.4. The molecule has 0 unspecified atom stereocenters. The van der Waals surface area contributed by atoms with Gasteiger partial charge in [-0.1, -0.05) is 57.5 Å². The summed E-state index contributed by atoms with van der Waals surface area (Å²) in [5.41, 5.74) is 3.60. The first-order valence-electron chi connectivity index (χ1n) is 10.00. The van der Waals surface area contributed by atoms with E-state index in [0.717, 1.165) is 22.5 Å². The molecule has 0 saturated heterocycles. The van der Waals surface area contributed by atoms with Crippen molar-refractivity contribution in [2.75, 3.05) is 5.32 Å². The molecule has 0 fully saturated rings. The smallest absolute Gasteiger partial charge is 0.280 e.